The molecule has 0 spiro atoms. The Bertz CT molecular complexity index is 611. The number of rotatable bonds is 4. The van der Waals surface area contributed by atoms with Crippen LogP contribution in [-0.2, 0) is 10.0 Å². The zero-order valence-corrected chi connectivity index (χ0v) is 10.2. The molecule has 0 saturated heterocycles. The van der Waals surface area contributed by atoms with Crippen LogP contribution in [0.3, 0.4) is 0 Å². The van der Waals surface area contributed by atoms with E-state index in [1.807, 2.05) is 12.1 Å². The normalized spacial score (nSPS) is 10.4. The molecular weight excluding hydrogens is 254 g/mol. The van der Waals surface area contributed by atoms with Gasteiger partial charge in [-0.3, -0.25) is 0 Å². The topological polar surface area (TPSA) is 137 Å². The van der Waals surface area contributed by atoms with Crippen molar-refractivity contribution in [1.82, 2.24) is 0 Å². The highest BCUT2D eigenvalue weighted by molar-refractivity contribution is 7.89. The molecule has 7 nitrogen and oxygen atoms in total. The van der Waals surface area contributed by atoms with Gasteiger partial charge in [-0.1, -0.05) is 0 Å². The number of nitrogens with two attached hydrogens (primary N) is 2. The summed E-state index contributed by atoms with van der Waals surface area (Å²) in [6.45, 7) is 0.00342. The lowest BCUT2D eigenvalue weighted by atomic mass is 10.2. The van der Waals surface area contributed by atoms with E-state index in [0.29, 0.717) is 5.69 Å². The minimum Gasteiger partial charge on any atom is -0.398 e. The molecule has 0 aliphatic heterocycles. The van der Waals surface area contributed by atoms with Gasteiger partial charge in [0, 0.05) is 5.69 Å². The van der Waals surface area contributed by atoms with Crippen molar-refractivity contribution in [3.05, 3.63) is 18.2 Å². The van der Waals surface area contributed by atoms with Crippen molar-refractivity contribution < 1.29 is 8.42 Å². The van der Waals surface area contributed by atoms with E-state index >= 15 is 0 Å². The van der Waals surface area contributed by atoms with Crippen LogP contribution in [0.25, 0.3) is 0 Å². The molecule has 8 heteroatoms. The number of primary sulfonamides is 1. The summed E-state index contributed by atoms with van der Waals surface area (Å²) in [5.74, 6) is 0. The number of hydrogen-bond donors (Lipinski definition) is 2. The highest BCUT2D eigenvalue weighted by Gasteiger charge is 2.14. The van der Waals surface area contributed by atoms with E-state index in [4.69, 9.17) is 21.4 Å². The summed E-state index contributed by atoms with van der Waals surface area (Å²) in [5, 5.41) is 22.2. The van der Waals surface area contributed by atoms with Gasteiger partial charge in [0.15, 0.2) is 0 Å². The Balaban J connectivity index is 3.19. The van der Waals surface area contributed by atoms with Crippen LogP contribution in [0.4, 0.5) is 11.4 Å². The second-order valence-electron chi connectivity index (χ2n) is 3.44. The number of hydrogen-bond acceptors (Lipinski definition) is 6. The second-order valence-corrected chi connectivity index (χ2v) is 4.97. The van der Waals surface area contributed by atoms with Crippen LogP contribution < -0.4 is 15.8 Å². The van der Waals surface area contributed by atoms with Crippen LogP contribution in [0.1, 0.15) is 0 Å². The minimum absolute atomic E-state index is 0.00171. The zero-order valence-electron chi connectivity index (χ0n) is 9.37. The lowest BCUT2D eigenvalue weighted by molar-refractivity contribution is 0.598. The van der Waals surface area contributed by atoms with Gasteiger partial charge in [0.1, 0.15) is 18.0 Å². The highest BCUT2D eigenvalue weighted by atomic mass is 32.2. The summed E-state index contributed by atoms with van der Waals surface area (Å²) in [7, 11) is -3.87. The van der Waals surface area contributed by atoms with Gasteiger partial charge >= 0.3 is 0 Å². The van der Waals surface area contributed by atoms with Gasteiger partial charge in [0.2, 0.25) is 10.0 Å². The predicted molar refractivity (Wildman–Crippen MR) is 65.7 cm³/mol. The maximum Gasteiger partial charge on any atom is 0.240 e. The third kappa shape index (κ3) is 3.10. The van der Waals surface area contributed by atoms with Crippen LogP contribution in [0.15, 0.2) is 23.1 Å². The number of sulfonamides is 1. The molecule has 1 aromatic carbocycles. The first-order chi connectivity index (χ1) is 8.40. The predicted octanol–water partition coefficient (Wildman–Crippen LogP) is -0.230. The van der Waals surface area contributed by atoms with Crippen LogP contribution in [0.2, 0.25) is 0 Å². The molecule has 0 radical (unpaired) electrons. The fraction of sp³-hybridized carbons (Fsp3) is 0.200. The molecule has 0 heterocycles. The molecule has 0 unspecified atom stereocenters. The van der Waals surface area contributed by atoms with E-state index < -0.39 is 10.0 Å². The Kier molecular flexibility index (Phi) is 4.10. The Labute approximate surface area is 105 Å². The standard InChI is InChI=1S/C10H11N5O2S/c11-3-5-15(6-4-12)8-1-2-10(9(13)7-8)18(14,16)17/h1-2,7H,5-6,13H2,(H2,14,16,17). The van der Waals surface area contributed by atoms with Crippen LogP contribution in [0.5, 0.6) is 0 Å². The van der Waals surface area contributed by atoms with Gasteiger partial charge in [0.05, 0.1) is 17.8 Å². The number of nitrogens with zero attached hydrogens (tertiary/aromatic N) is 3. The van der Waals surface area contributed by atoms with E-state index in [1.165, 1.54) is 23.1 Å². The molecule has 0 amide bonds. The lowest BCUT2D eigenvalue weighted by Gasteiger charge is -2.19. The summed E-state index contributed by atoms with van der Waals surface area (Å²) in [5.41, 5.74) is 6.06. The Morgan fingerprint density at radius 1 is 1.22 bits per heavy atom. The Morgan fingerprint density at radius 2 is 1.78 bits per heavy atom. The van der Waals surface area contributed by atoms with Crippen molar-refractivity contribution in [3.63, 3.8) is 0 Å². The first-order valence-electron chi connectivity index (χ1n) is 4.81. The summed E-state index contributed by atoms with van der Waals surface area (Å²) >= 11 is 0. The maximum atomic E-state index is 11.2. The van der Waals surface area contributed by atoms with Crippen molar-refractivity contribution in [2.45, 2.75) is 4.90 Å². The Morgan fingerprint density at radius 3 is 2.17 bits per heavy atom. The van der Waals surface area contributed by atoms with Crippen molar-refractivity contribution in [3.8, 4) is 12.1 Å². The van der Waals surface area contributed by atoms with Gasteiger partial charge in [-0.05, 0) is 18.2 Å². The molecule has 0 bridgehead atoms. The fourth-order valence-electron chi connectivity index (χ4n) is 1.40. The molecule has 1 rings (SSSR count). The van der Waals surface area contributed by atoms with Crippen molar-refractivity contribution in [2.75, 3.05) is 23.7 Å². The van der Waals surface area contributed by atoms with Gasteiger partial charge < -0.3 is 10.6 Å². The van der Waals surface area contributed by atoms with Gasteiger partial charge in [-0.2, -0.15) is 10.5 Å². The molecule has 4 N–H and O–H groups in total. The highest BCUT2D eigenvalue weighted by Crippen LogP contribution is 2.23. The largest absolute Gasteiger partial charge is 0.398 e. The first kappa shape index (κ1) is 13.8. The first-order valence-corrected chi connectivity index (χ1v) is 6.36. The van der Waals surface area contributed by atoms with Gasteiger partial charge in [0.25, 0.3) is 0 Å². The number of anilines is 2. The number of nitrogen functional groups attached to an aromatic ring is 1. The lowest BCUT2D eigenvalue weighted by Crippen LogP contribution is -2.24. The van der Waals surface area contributed by atoms with E-state index in [0.717, 1.165) is 0 Å². The van der Waals surface area contributed by atoms with E-state index in [2.05, 4.69) is 0 Å². The van der Waals surface area contributed by atoms with Crippen LogP contribution >= 0.6 is 0 Å². The fourth-order valence-corrected chi connectivity index (χ4v) is 2.05. The summed E-state index contributed by atoms with van der Waals surface area (Å²) in [6.07, 6.45) is 0. The summed E-state index contributed by atoms with van der Waals surface area (Å²) < 4.78 is 22.3. The van der Waals surface area contributed by atoms with E-state index in [-0.39, 0.29) is 23.7 Å². The second kappa shape index (κ2) is 5.36. The smallest absolute Gasteiger partial charge is 0.240 e. The zero-order chi connectivity index (χ0) is 13.8. The molecular formula is C10H11N5O2S. The monoisotopic (exact) mass is 265 g/mol. The molecule has 0 aromatic heterocycles. The summed E-state index contributed by atoms with van der Waals surface area (Å²) in [4.78, 5) is 1.28. The summed E-state index contributed by atoms with van der Waals surface area (Å²) in [6, 6.07) is 7.88. The molecule has 0 aliphatic carbocycles. The molecule has 0 fully saturated rings. The molecule has 0 aliphatic rings. The van der Waals surface area contributed by atoms with Gasteiger partial charge in [-0.15, -0.1) is 0 Å². The average Bonchev–Trinajstić information content (AvgIpc) is 2.27. The van der Waals surface area contributed by atoms with Crippen LogP contribution in [-0.4, -0.2) is 21.5 Å². The van der Waals surface area contributed by atoms with Crippen molar-refractivity contribution >= 4 is 21.4 Å². The van der Waals surface area contributed by atoms with Crippen molar-refractivity contribution in [2.24, 2.45) is 5.14 Å². The number of nitriles is 2. The van der Waals surface area contributed by atoms with E-state index in [1.54, 1.807) is 0 Å². The van der Waals surface area contributed by atoms with Crippen LogP contribution in [0, 0.1) is 22.7 Å². The molecule has 1 aromatic rings. The molecule has 18 heavy (non-hydrogen) atoms. The molecule has 0 atom stereocenters. The Hall–Kier alpha value is -2.29. The third-order valence-corrected chi connectivity index (χ3v) is 3.17. The third-order valence-electron chi connectivity index (χ3n) is 2.19. The minimum atomic E-state index is -3.87. The van der Waals surface area contributed by atoms with E-state index in [9.17, 15) is 8.42 Å². The molecule has 94 valence electrons. The molecule has 0 saturated carbocycles. The van der Waals surface area contributed by atoms with Gasteiger partial charge in [-0.25, -0.2) is 13.6 Å². The SMILES string of the molecule is N#CCN(CC#N)c1ccc(S(N)(=O)=O)c(N)c1. The maximum absolute atomic E-state index is 11.2. The number of benzene rings is 1. The van der Waals surface area contributed by atoms with Crippen molar-refractivity contribution in [1.29, 1.82) is 10.5 Å². The average molecular weight is 265 g/mol. The quantitative estimate of drug-likeness (QED) is 0.569.